The van der Waals surface area contributed by atoms with Crippen LogP contribution in [0.5, 0.6) is 0 Å². The van der Waals surface area contributed by atoms with Gasteiger partial charge in [0.2, 0.25) is 0 Å². The number of benzene rings is 2. The Kier molecular flexibility index (Phi) is 54.2. The van der Waals surface area contributed by atoms with Crippen LogP contribution in [-0.4, -0.2) is 61.0 Å². The van der Waals surface area contributed by atoms with Crippen LogP contribution >= 0.6 is 0 Å². The molecular weight excluding hydrogens is 943 g/mol. The number of ether oxygens (including phenoxy) is 2. The van der Waals surface area contributed by atoms with Crippen molar-refractivity contribution >= 4 is 47.8 Å². The smallest absolute Gasteiger partial charge is 0.545 e. The molecular formula is C58H92O8Sn. The molecule has 0 amide bonds. The maximum absolute atomic E-state index is 11.9. The SMILES string of the molecule is C/C=C/CCCCCCCCCCOC(=O)c1ccccc1C(=O)[O-].C/C=C/CCCCCCCCCCOC(=O)c1ccccc1C(=O)[O-].[CH2]CCCCCCC.[CH2]CCCCCCC.[Sn+2]. The van der Waals surface area contributed by atoms with Gasteiger partial charge in [0.05, 0.1) is 36.3 Å². The first-order valence-electron chi connectivity index (χ1n) is 25.9. The molecule has 2 aromatic carbocycles. The Morgan fingerprint density at radius 1 is 0.433 bits per heavy atom. The maximum atomic E-state index is 11.9. The summed E-state index contributed by atoms with van der Waals surface area (Å²) in [4.78, 5) is 45.8. The van der Waals surface area contributed by atoms with Gasteiger partial charge < -0.3 is 29.3 Å². The Morgan fingerprint density at radius 2 is 0.701 bits per heavy atom. The molecule has 0 fully saturated rings. The van der Waals surface area contributed by atoms with Gasteiger partial charge in [0.25, 0.3) is 0 Å². The number of rotatable bonds is 36. The molecule has 0 unspecified atom stereocenters. The van der Waals surface area contributed by atoms with Crippen LogP contribution in [0.3, 0.4) is 0 Å². The number of carbonyl (C=O) groups is 4. The van der Waals surface area contributed by atoms with Gasteiger partial charge in [-0.1, -0.05) is 242 Å². The topological polar surface area (TPSA) is 133 Å². The molecule has 0 spiro atoms. The fourth-order valence-corrected chi connectivity index (χ4v) is 6.91. The molecule has 0 aliphatic heterocycles. The zero-order valence-corrected chi connectivity index (χ0v) is 45.6. The van der Waals surface area contributed by atoms with Crippen molar-refractivity contribution in [3.05, 3.63) is 109 Å². The third kappa shape index (κ3) is 43.6. The summed E-state index contributed by atoms with van der Waals surface area (Å²) in [6.45, 7) is 16.8. The monoisotopic (exact) mass is 1040 g/mol. The Balaban J connectivity index is -0.000000914. The zero-order valence-electron chi connectivity index (χ0n) is 42.7. The normalized spacial score (nSPS) is 10.5. The number of aromatic carboxylic acids is 2. The van der Waals surface area contributed by atoms with E-state index in [9.17, 15) is 29.4 Å². The molecule has 4 radical (unpaired) electrons. The average Bonchev–Trinajstić information content (AvgIpc) is 3.33. The first-order chi connectivity index (χ1) is 32.2. The van der Waals surface area contributed by atoms with Crippen molar-refractivity contribution in [1.29, 1.82) is 0 Å². The average molecular weight is 1040 g/mol. The van der Waals surface area contributed by atoms with Gasteiger partial charge in [0.1, 0.15) is 0 Å². The minimum atomic E-state index is -1.36. The van der Waals surface area contributed by atoms with Gasteiger partial charge in [-0.15, -0.1) is 0 Å². The number of unbranched alkanes of at least 4 members (excludes halogenated alkanes) is 26. The molecule has 0 aliphatic rings. The first-order valence-corrected chi connectivity index (χ1v) is 25.9. The number of hydrogen-bond acceptors (Lipinski definition) is 8. The molecule has 0 aromatic heterocycles. The summed E-state index contributed by atoms with van der Waals surface area (Å²) in [5.41, 5.74) is -0.135. The quantitative estimate of drug-likeness (QED) is 0.0285. The third-order valence-electron chi connectivity index (χ3n) is 10.9. The van der Waals surface area contributed by atoms with Crippen LogP contribution in [0.2, 0.25) is 0 Å². The Hall–Kier alpha value is -3.40. The Labute approximate surface area is 426 Å². The van der Waals surface area contributed by atoms with E-state index in [-0.39, 0.29) is 46.2 Å². The van der Waals surface area contributed by atoms with Crippen molar-refractivity contribution in [2.24, 2.45) is 0 Å². The number of carboxylic acids is 2. The number of hydrogen-bond donors (Lipinski definition) is 0. The van der Waals surface area contributed by atoms with Gasteiger partial charge in [0.15, 0.2) is 0 Å². The van der Waals surface area contributed by atoms with Gasteiger partial charge in [-0.05, 0) is 64.5 Å². The fraction of sp³-hybridized carbons (Fsp3) is 0.621. The molecule has 8 nitrogen and oxygen atoms in total. The molecule has 0 saturated carbocycles. The molecule has 376 valence electrons. The predicted molar refractivity (Wildman–Crippen MR) is 278 cm³/mol. The minimum absolute atomic E-state index is 0. The molecule has 67 heavy (non-hydrogen) atoms. The largest absolute Gasteiger partial charge is 2.00 e. The van der Waals surface area contributed by atoms with E-state index in [1.807, 2.05) is 0 Å². The molecule has 0 aliphatic carbocycles. The van der Waals surface area contributed by atoms with Crippen LogP contribution in [0.25, 0.3) is 0 Å². The van der Waals surface area contributed by atoms with Crippen LogP contribution in [0, 0.1) is 13.8 Å². The van der Waals surface area contributed by atoms with E-state index in [0.717, 1.165) is 51.4 Å². The second-order valence-electron chi connectivity index (χ2n) is 16.8. The minimum Gasteiger partial charge on any atom is -0.545 e. The number of allylic oxidation sites excluding steroid dienone is 4. The fourth-order valence-electron chi connectivity index (χ4n) is 6.91. The van der Waals surface area contributed by atoms with Crippen LogP contribution in [-0.2, 0) is 9.47 Å². The Bertz CT molecular complexity index is 1380. The van der Waals surface area contributed by atoms with E-state index < -0.39 is 23.9 Å². The molecule has 0 N–H and O–H groups in total. The van der Waals surface area contributed by atoms with Crippen molar-refractivity contribution in [3.8, 4) is 0 Å². The van der Waals surface area contributed by atoms with E-state index in [2.05, 4.69) is 65.8 Å². The standard InChI is InChI=1S/2C21H30O4.2C8H17.Sn/c2*1-2-3-4-5-6-7-8-9-10-11-14-17-25-21(24)19-16-13-12-15-18(19)20(22)23;2*1-3-5-7-8-6-4-2;/h2*2-3,12-13,15-16H,4-11,14,17H2,1H3,(H,22,23);2*1,3-8H2,2H3;/q;;;;+2/p-2/b2*3-2+;;;. The van der Waals surface area contributed by atoms with Crippen LogP contribution < -0.4 is 10.2 Å². The number of carbonyl (C=O) groups excluding carboxylic acids is 4. The van der Waals surface area contributed by atoms with Crippen LogP contribution in [0.15, 0.2) is 72.8 Å². The summed E-state index contributed by atoms with van der Waals surface area (Å²) in [5.74, 6) is -3.92. The van der Waals surface area contributed by atoms with E-state index >= 15 is 0 Å². The van der Waals surface area contributed by atoms with Gasteiger partial charge in [-0.3, -0.25) is 0 Å². The summed E-state index contributed by atoms with van der Waals surface area (Å²) < 4.78 is 10.3. The van der Waals surface area contributed by atoms with Crippen molar-refractivity contribution in [2.45, 2.75) is 220 Å². The zero-order chi connectivity index (χ0) is 49.1. The van der Waals surface area contributed by atoms with Crippen molar-refractivity contribution in [2.75, 3.05) is 13.2 Å². The predicted octanol–water partition coefficient (Wildman–Crippen LogP) is 14.6. The van der Waals surface area contributed by atoms with E-state index in [1.165, 1.54) is 166 Å². The van der Waals surface area contributed by atoms with Crippen LogP contribution in [0.4, 0.5) is 0 Å². The van der Waals surface area contributed by atoms with Crippen molar-refractivity contribution < 1.29 is 38.9 Å². The van der Waals surface area contributed by atoms with E-state index in [1.54, 1.807) is 24.3 Å². The van der Waals surface area contributed by atoms with Crippen LogP contribution in [0.1, 0.15) is 262 Å². The number of esters is 2. The molecule has 0 heterocycles. The molecule has 0 atom stereocenters. The summed E-state index contributed by atoms with van der Waals surface area (Å²) in [6.07, 6.45) is 45.5. The molecule has 0 saturated heterocycles. The molecule has 2 rings (SSSR count). The molecule has 9 heteroatoms. The Morgan fingerprint density at radius 3 is 0.985 bits per heavy atom. The van der Waals surface area contributed by atoms with Gasteiger partial charge in [0, 0.05) is 11.1 Å². The first kappa shape index (κ1) is 67.9. The third-order valence-corrected chi connectivity index (χ3v) is 10.9. The second-order valence-corrected chi connectivity index (χ2v) is 16.8. The summed E-state index contributed by atoms with van der Waals surface area (Å²) >= 11 is 0. The van der Waals surface area contributed by atoms with Gasteiger partial charge in [-0.25, -0.2) is 9.59 Å². The molecule has 0 bridgehead atoms. The van der Waals surface area contributed by atoms with Crippen molar-refractivity contribution in [3.63, 3.8) is 0 Å². The number of carboxylic acid groups (broad SMARTS) is 2. The van der Waals surface area contributed by atoms with Gasteiger partial charge >= 0.3 is 35.8 Å². The summed E-state index contributed by atoms with van der Waals surface area (Å²) in [5, 5.41) is 22.0. The summed E-state index contributed by atoms with van der Waals surface area (Å²) in [7, 11) is 0. The molecule has 2 aromatic rings. The van der Waals surface area contributed by atoms with E-state index in [0.29, 0.717) is 13.2 Å². The van der Waals surface area contributed by atoms with Crippen molar-refractivity contribution in [1.82, 2.24) is 0 Å². The van der Waals surface area contributed by atoms with Gasteiger partial charge in [-0.2, -0.15) is 0 Å². The second kappa shape index (κ2) is 53.6. The maximum Gasteiger partial charge on any atom is 2.00 e. The van der Waals surface area contributed by atoms with E-state index in [4.69, 9.17) is 9.47 Å². The summed E-state index contributed by atoms with van der Waals surface area (Å²) in [6, 6.07) is 11.9.